The van der Waals surface area contributed by atoms with Gasteiger partial charge in [-0.25, -0.2) is 4.79 Å². The predicted molar refractivity (Wildman–Crippen MR) is 133 cm³/mol. The van der Waals surface area contributed by atoms with E-state index in [1.54, 1.807) is 42.5 Å². The molecule has 3 rings (SSSR count). The highest BCUT2D eigenvalue weighted by atomic mass is 127. The van der Waals surface area contributed by atoms with Crippen LogP contribution in [0.25, 0.3) is 6.08 Å². The van der Waals surface area contributed by atoms with Gasteiger partial charge in [0.1, 0.15) is 12.4 Å². The van der Waals surface area contributed by atoms with Crippen LogP contribution in [0.15, 0.2) is 41.3 Å². The summed E-state index contributed by atoms with van der Waals surface area (Å²) in [6, 6.07) is 10.4. The average Bonchev–Trinajstić information content (AvgIpc) is 3.06. The minimum Gasteiger partial charge on any atom is -0.493 e. The van der Waals surface area contributed by atoms with Crippen LogP contribution in [0, 0.1) is 3.57 Å². The molecule has 8 nitrogen and oxygen atoms in total. The molecule has 2 amide bonds. The number of hydrogen-bond donors (Lipinski definition) is 0. The van der Waals surface area contributed by atoms with E-state index in [9.17, 15) is 14.4 Å². The number of nitrogens with zero attached hydrogens (tertiary/aromatic N) is 1. The molecule has 11 heteroatoms. The van der Waals surface area contributed by atoms with E-state index in [0.29, 0.717) is 31.4 Å². The Hall–Kier alpha value is -2.44. The zero-order chi connectivity index (χ0) is 24.0. The summed E-state index contributed by atoms with van der Waals surface area (Å²) in [6.45, 7) is -0.0568. The summed E-state index contributed by atoms with van der Waals surface area (Å²) in [4.78, 5) is 37.9. The van der Waals surface area contributed by atoms with Crippen molar-refractivity contribution in [3.05, 3.63) is 55.5 Å². The van der Waals surface area contributed by atoms with Crippen LogP contribution in [0.3, 0.4) is 0 Å². The summed E-state index contributed by atoms with van der Waals surface area (Å²) < 4.78 is 21.7. The number of methoxy groups -OCH3 is 2. The highest BCUT2D eigenvalue weighted by Crippen LogP contribution is 2.37. The van der Waals surface area contributed by atoms with E-state index >= 15 is 0 Å². The second-order valence-electron chi connectivity index (χ2n) is 6.51. The number of halogens is 2. The largest absolute Gasteiger partial charge is 0.493 e. The van der Waals surface area contributed by atoms with Gasteiger partial charge in [0, 0.05) is 0 Å². The van der Waals surface area contributed by atoms with E-state index in [0.717, 1.165) is 16.7 Å². The Labute approximate surface area is 213 Å². The Morgan fingerprint density at radius 2 is 1.91 bits per heavy atom. The number of para-hydroxylation sites is 1. The number of amides is 2. The van der Waals surface area contributed by atoms with Crippen molar-refractivity contribution in [3.8, 4) is 17.2 Å². The molecule has 1 aliphatic heterocycles. The highest BCUT2D eigenvalue weighted by molar-refractivity contribution is 14.1. The van der Waals surface area contributed by atoms with Crippen molar-refractivity contribution in [2.24, 2.45) is 0 Å². The third kappa shape index (κ3) is 6.33. The number of benzene rings is 2. The standard InChI is InChI=1S/C22H19ClINO7S/c1-29-17-10-13(9-15(24)20(17)32-12-19(26)30-2)11-18-21(27)25(22(28)33-18)7-8-31-16-6-4-3-5-14(16)23/h3-6,9-11H,7-8,12H2,1-2H3/b18-11-. The second-order valence-corrected chi connectivity index (χ2v) is 9.07. The fraction of sp³-hybridized carbons (Fsp3) is 0.227. The van der Waals surface area contributed by atoms with Gasteiger partial charge in [0.2, 0.25) is 0 Å². The summed E-state index contributed by atoms with van der Waals surface area (Å²) in [5.41, 5.74) is 0.638. The van der Waals surface area contributed by atoms with Crippen molar-refractivity contribution in [1.82, 2.24) is 4.90 Å². The maximum absolute atomic E-state index is 12.8. The van der Waals surface area contributed by atoms with Crippen LogP contribution in [0.4, 0.5) is 4.79 Å². The van der Waals surface area contributed by atoms with Crippen LogP contribution in [0.2, 0.25) is 5.02 Å². The molecule has 33 heavy (non-hydrogen) atoms. The van der Waals surface area contributed by atoms with Crippen LogP contribution in [-0.4, -0.2) is 56.0 Å². The molecule has 1 aliphatic rings. The van der Waals surface area contributed by atoms with E-state index in [4.69, 9.17) is 25.8 Å². The Balaban J connectivity index is 1.70. The first-order valence-corrected chi connectivity index (χ1v) is 11.8. The number of hydrogen-bond acceptors (Lipinski definition) is 8. The van der Waals surface area contributed by atoms with Gasteiger partial charge in [0.05, 0.1) is 34.3 Å². The fourth-order valence-corrected chi connectivity index (χ4v) is 4.64. The fourth-order valence-electron chi connectivity index (χ4n) is 2.81. The third-order valence-corrected chi connectivity index (χ3v) is 6.42. The number of rotatable bonds is 9. The van der Waals surface area contributed by atoms with Crippen molar-refractivity contribution in [1.29, 1.82) is 0 Å². The number of imide groups is 1. The van der Waals surface area contributed by atoms with E-state index in [1.165, 1.54) is 14.2 Å². The maximum atomic E-state index is 12.8. The molecular formula is C22H19ClINO7S. The predicted octanol–water partition coefficient (Wildman–Crippen LogP) is 4.62. The lowest BCUT2D eigenvalue weighted by molar-refractivity contribution is -0.143. The van der Waals surface area contributed by atoms with Crippen molar-refractivity contribution < 1.29 is 33.3 Å². The van der Waals surface area contributed by atoms with Gasteiger partial charge in [0.15, 0.2) is 18.1 Å². The number of carbonyl (C=O) groups excluding carboxylic acids is 3. The highest BCUT2D eigenvalue weighted by Gasteiger charge is 2.35. The lowest BCUT2D eigenvalue weighted by Crippen LogP contribution is -2.32. The molecule has 1 fully saturated rings. The molecule has 0 aromatic heterocycles. The van der Waals surface area contributed by atoms with Crippen molar-refractivity contribution in [2.45, 2.75) is 0 Å². The number of ether oxygens (including phenoxy) is 4. The van der Waals surface area contributed by atoms with Gasteiger partial charge in [-0.1, -0.05) is 23.7 Å². The molecule has 0 radical (unpaired) electrons. The zero-order valence-corrected chi connectivity index (χ0v) is 21.4. The molecule has 0 aliphatic carbocycles. The Kier molecular flexibility index (Phi) is 8.87. The molecule has 0 N–H and O–H groups in total. The van der Waals surface area contributed by atoms with Gasteiger partial charge in [-0.05, 0) is 70.3 Å². The van der Waals surface area contributed by atoms with Crippen molar-refractivity contribution >= 4 is 69.1 Å². The third-order valence-electron chi connectivity index (χ3n) is 4.39. The molecule has 2 aromatic carbocycles. The van der Waals surface area contributed by atoms with Crippen molar-refractivity contribution in [2.75, 3.05) is 34.0 Å². The van der Waals surface area contributed by atoms with Gasteiger partial charge in [-0.2, -0.15) is 0 Å². The SMILES string of the molecule is COC(=O)COc1c(I)cc(/C=C2\SC(=O)N(CCOc3ccccc3Cl)C2=O)cc1OC. The number of thioether (sulfide) groups is 1. The van der Waals surface area contributed by atoms with E-state index in [-0.39, 0.29) is 29.9 Å². The van der Waals surface area contributed by atoms with Crippen LogP contribution < -0.4 is 14.2 Å². The Morgan fingerprint density at radius 1 is 1.15 bits per heavy atom. The van der Waals surface area contributed by atoms with Gasteiger partial charge in [0.25, 0.3) is 11.1 Å². The van der Waals surface area contributed by atoms with Gasteiger partial charge in [-0.3, -0.25) is 14.5 Å². The van der Waals surface area contributed by atoms with Crippen LogP contribution >= 0.6 is 46.0 Å². The van der Waals surface area contributed by atoms with Crippen molar-refractivity contribution in [3.63, 3.8) is 0 Å². The maximum Gasteiger partial charge on any atom is 0.343 e. The molecule has 0 unspecified atom stereocenters. The molecule has 174 valence electrons. The minimum absolute atomic E-state index is 0.0917. The first-order valence-electron chi connectivity index (χ1n) is 9.54. The number of carbonyl (C=O) groups is 3. The summed E-state index contributed by atoms with van der Waals surface area (Å²) in [5.74, 6) is 0.310. The molecule has 0 atom stereocenters. The molecule has 0 saturated carbocycles. The lowest BCUT2D eigenvalue weighted by atomic mass is 10.2. The Bertz CT molecular complexity index is 1110. The molecule has 2 aromatic rings. The summed E-state index contributed by atoms with van der Waals surface area (Å²) in [6.07, 6.45) is 1.61. The Morgan fingerprint density at radius 3 is 2.61 bits per heavy atom. The quantitative estimate of drug-likeness (QED) is 0.233. The first kappa shape index (κ1) is 25.2. The van der Waals surface area contributed by atoms with E-state index < -0.39 is 11.9 Å². The first-order chi connectivity index (χ1) is 15.8. The lowest BCUT2D eigenvalue weighted by Gasteiger charge is -2.14. The number of esters is 1. The van der Waals surface area contributed by atoms with Crippen LogP contribution in [-0.2, 0) is 14.3 Å². The monoisotopic (exact) mass is 603 g/mol. The minimum atomic E-state index is -0.524. The van der Waals surface area contributed by atoms with Gasteiger partial charge >= 0.3 is 5.97 Å². The second kappa shape index (κ2) is 11.6. The summed E-state index contributed by atoms with van der Waals surface area (Å²) in [7, 11) is 2.74. The molecule has 0 bridgehead atoms. The van der Waals surface area contributed by atoms with Crippen LogP contribution in [0.1, 0.15) is 5.56 Å². The van der Waals surface area contributed by atoms with E-state index in [2.05, 4.69) is 4.74 Å². The van der Waals surface area contributed by atoms with E-state index in [1.807, 2.05) is 22.6 Å². The zero-order valence-electron chi connectivity index (χ0n) is 17.6. The summed E-state index contributed by atoms with van der Waals surface area (Å²) in [5, 5.41) is 0.0720. The van der Waals surface area contributed by atoms with Gasteiger partial charge < -0.3 is 18.9 Å². The van der Waals surface area contributed by atoms with Crippen LogP contribution in [0.5, 0.6) is 17.2 Å². The molecule has 1 saturated heterocycles. The van der Waals surface area contributed by atoms with Gasteiger partial charge in [-0.15, -0.1) is 0 Å². The summed E-state index contributed by atoms with van der Waals surface area (Å²) >= 11 is 8.94. The normalized spacial score (nSPS) is 14.5. The molecular weight excluding hydrogens is 585 g/mol. The topological polar surface area (TPSA) is 91.4 Å². The molecule has 0 spiro atoms. The average molecular weight is 604 g/mol. The smallest absolute Gasteiger partial charge is 0.343 e. The molecule has 1 heterocycles.